The smallest absolute Gasteiger partial charge is 0.269 e. The van der Waals surface area contributed by atoms with E-state index < -0.39 is 27.5 Å². The maximum Gasteiger partial charge on any atom is 0.269 e. The lowest BCUT2D eigenvalue weighted by Crippen LogP contribution is -2.52. The van der Waals surface area contributed by atoms with E-state index in [0.29, 0.717) is 5.75 Å². The average molecular weight is 516 g/mol. The highest BCUT2D eigenvalue weighted by molar-refractivity contribution is 7.90. The first kappa shape index (κ1) is 27.2. The van der Waals surface area contributed by atoms with Crippen LogP contribution in [0.5, 0.6) is 5.75 Å². The molecule has 0 aliphatic carbocycles. The predicted octanol–water partition coefficient (Wildman–Crippen LogP) is 2.95. The fourth-order valence-electron chi connectivity index (χ4n) is 3.95. The fraction of sp³-hybridized carbons (Fsp3) is 0.423. The van der Waals surface area contributed by atoms with Crippen molar-refractivity contribution in [1.82, 2.24) is 14.5 Å². The highest BCUT2D eigenvalue weighted by atomic mass is 32.2. The first-order valence-electron chi connectivity index (χ1n) is 11.8. The SMILES string of the molecule is COc1ccc(CN(C(=O)CCCN2C(=O)c3ccccc3S2(=O)=O)[C@H](C)C(=O)NC(C)(C)C)cc1. The summed E-state index contributed by atoms with van der Waals surface area (Å²) in [6, 6.07) is 12.5. The Balaban J connectivity index is 1.72. The third-order valence-corrected chi connectivity index (χ3v) is 7.68. The van der Waals surface area contributed by atoms with Crippen LogP contribution >= 0.6 is 0 Å². The second-order valence-corrected chi connectivity index (χ2v) is 11.6. The van der Waals surface area contributed by atoms with Gasteiger partial charge in [0.05, 0.1) is 12.7 Å². The van der Waals surface area contributed by atoms with Crippen LogP contribution in [0.4, 0.5) is 0 Å². The van der Waals surface area contributed by atoms with Crippen molar-refractivity contribution in [2.45, 2.75) is 63.6 Å². The van der Waals surface area contributed by atoms with Crippen molar-refractivity contribution < 1.29 is 27.5 Å². The van der Waals surface area contributed by atoms with Gasteiger partial charge in [-0.25, -0.2) is 12.7 Å². The van der Waals surface area contributed by atoms with Crippen molar-refractivity contribution in [2.24, 2.45) is 0 Å². The van der Waals surface area contributed by atoms with Gasteiger partial charge in [0.25, 0.3) is 15.9 Å². The zero-order chi connectivity index (χ0) is 26.7. The number of benzene rings is 2. The highest BCUT2D eigenvalue weighted by Crippen LogP contribution is 2.30. The summed E-state index contributed by atoms with van der Waals surface area (Å²) in [5.74, 6) is -0.528. The van der Waals surface area contributed by atoms with E-state index in [9.17, 15) is 22.8 Å². The Bertz CT molecular complexity index is 1240. The summed E-state index contributed by atoms with van der Waals surface area (Å²) in [6.45, 7) is 7.30. The topological polar surface area (TPSA) is 113 Å². The Labute approximate surface area is 212 Å². The largest absolute Gasteiger partial charge is 0.497 e. The molecule has 194 valence electrons. The molecule has 1 aliphatic heterocycles. The van der Waals surface area contributed by atoms with Crippen molar-refractivity contribution in [3.63, 3.8) is 0 Å². The molecule has 0 fully saturated rings. The fourth-order valence-corrected chi connectivity index (χ4v) is 5.56. The monoisotopic (exact) mass is 515 g/mol. The van der Waals surface area contributed by atoms with E-state index in [1.807, 2.05) is 32.9 Å². The number of methoxy groups -OCH3 is 1. The molecule has 1 atom stereocenters. The summed E-state index contributed by atoms with van der Waals surface area (Å²) >= 11 is 0. The molecule has 9 nitrogen and oxygen atoms in total. The van der Waals surface area contributed by atoms with Gasteiger partial charge in [0, 0.05) is 25.0 Å². The van der Waals surface area contributed by atoms with Crippen LogP contribution in [0.2, 0.25) is 0 Å². The van der Waals surface area contributed by atoms with E-state index in [1.54, 1.807) is 38.3 Å². The summed E-state index contributed by atoms with van der Waals surface area (Å²) in [5.41, 5.74) is 0.476. The number of ether oxygens (including phenoxy) is 1. The van der Waals surface area contributed by atoms with Crippen molar-refractivity contribution in [3.8, 4) is 5.75 Å². The van der Waals surface area contributed by atoms with E-state index in [-0.39, 0.29) is 48.2 Å². The molecule has 36 heavy (non-hydrogen) atoms. The normalized spacial score (nSPS) is 15.2. The van der Waals surface area contributed by atoms with E-state index >= 15 is 0 Å². The zero-order valence-electron chi connectivity index (χ0n) is 21.3. The number of carbonyl (C=O) groups excluding carboxylic acids is 3. The van der Waals surface area contributed by atoms with Gasteiger partial charge < -0.3 is 15.0 Å². The van der Waals surface area contributed by atoms with Crippen molar-refractivity contribution >= 4 is 27.7 Å². The van der Waals surface area contributed by atoms with Gasteiger partial charge in [-0.05, 0) is 63.9 Å². The van der Waals surface area contributed by atoms with Gasteiger partial charge in [-0.2, -0.15) is 0 Å². The van der Waals surface area contributed by atoms with Crippen LogP contribution in [0.3, 0.4) is 0 Å². The summed E-state index contributed by atoms with van der Waals surface area (Å²) in [4.78, 5) is 40.2. The molecule has 3 amide bonds. The van der Waals surface area contributed by atoms with E-state index in [4.69, 9.17) is 4.74 Å². The molecule has 2 aromatic carbocycles. The van der Waals surface area contributed by atoms with Crippen LogP contribution < -0.4 is 10.1 Å². The molecule has 0 saturated carbocycles. The van der Waals surface area contributed by atoms with Crippen LogP contribution in [0.1, 0.15) is 56.5 Å². The maximum absolute atomic E-state index is 13.3. The van der Waals surface area contributed by atoms with Gasteiger partial charge in [0.15, 0.2) is 0 Å². The Morgan fingerprint density at radius 3 is 2.31 bits per heavy atom. The van der Waals surface area contributed by atoms with Crippen molar-refractivity contribution in [1.29, 1.82) is 0 Å². The Kier molecular flexibility index (Phi) is 8.08. The number of nitrogens with zero attached hydrogens (tertiary/aromatic N) is 2. The maximum atomic E-state index is 13.3. The summed E-state index contributed by atoms with van der Waals surface area (Å²) in [7, 11) is -2.37. The summed E-state index contributed by atoms with van der Waals surface area (Å²) in [5, 5.41) is 2.90. The minimum absolute atomic E-state index is 0.0186. The van der Waals surface area contributed by atoms with E-state index in [1.165, 1.54) is 17.0 Å². The molecule has 0 radical (unpaired) electrons. The van der Waals surface area contributed by atoms with E-state index in [0.717, 1.165) is 9.87 Å². The van der Waals surface area contributed by atoms with Crippen molar-refractivity contribution in [2.75, 3.05) is 13.7 Å². The average Bonchev–Trinajstić information content (AvgIpc) is 3.02. The number of sulfonamides is 1. The molecule has 1 N–H and O–H groups in total. The molecule has 2 aromatic rings. The first-order valence-corrected chi connectivity index (χ1v) is 13.2. The minimum atomic E-state index is -3.94. The standard InChI is InChI=1S/C26H33N3O6S/c1-18(24(31)27-26(2,3)4)28(17-19-12-14-20(35-5)15-13-19)23(30)11-8-16-29-25(32)21-9-6-7-10-22(21)36(29,33)34/h6-7,9-10,12-15,18H,8,11,16-17H2,1-5H3,(H,27,31)/t18-/m1/s1. The van der Waals surface area contributed by atoms with Gasteiger partial charge in [0.1, 0.15) is 16.7 Å². The number of hydrogen-bond acceptors (Lipinski definition) is 6. The van der Waals surface area contributed by atoms with Gasteiger partial charge >= 0.3 is 0 Å². The third kappa shape index (κ3) is 6.04. The van der Waals surface area contributed by atoms with Gasteiger partial charge in [-0.3, -0.25) is 14.4 Å². The van der Waals surface area contributed by atoms with Crippen LogP contribution in [0, 0.1) is 0 Å². The second kappa shape index (κ2) is 10.7. The van der Waals surface area contributed by atoms with Crippen LogP contribution in [-0.2, 0) is 26.2 Å². The predicted molar refractivity (Wildman–Crippen MR) is 135 cm³/mol. The Morgan fingerprint density at radius 1 is 1.08 bits per heavy atom. The number of amides is 3. The Hall–Kier alpha value is -3.40. The van der Waals surface area contributed by atoms with Crippen LogP contribution in [0.25, 0.3) is 0 Å². The molecule has 0 spiro atoms. The summed E-state index contributed by atoms with van der Waals surface area (Å²) in [6.07, 6.45) is 0.101. The molecule has 1 aliphatic rings. The molecule has 0 saturated heterocycles. The molecular weight excluding hydrogens is 482 g/mol. The molecule has 0 unspecified atom stereocenters. The quantitative estimate of drug-likeness (QED) is 0.549. The van der Waals surface area contributed by atoms with Crippen LogP contribution in [0.15, 0.2) is 53.4 Å². The number of fused-ring (bicyclic) bond motifs is 1. The van der Waals surface area contributed by atoms with Gasteiger partial charge in [-0.1, -0.05) is 24.3 Å². The van der Waals surface area contributed by atoms with E-state index in [2.05, 4.69) is 5.32 Å². The lowest BCUT2D eigenvalue weighted by atomic mass is 10.1. The third-order valence-electron chi connectivity index (χ3n) is 5.84. The first-order chi connectivity index (χ1) is 16.8. The minimum Gasteiger partial charge on any atom is -0.497 e. The second-order valence-electron chi connectivity index (χ2n) is 9.77. The molecular formula is C26H33N3O6S. The van der Waals surface area contributed by atoms with Crippen LogP contribution in [-0.4, -0.2) is 60.6 Å². The lowest BCUT2D eigenvalue weighted by Gasteiger charge is -2.31. The molecule has 0 bridgehead atoms. The zero-order valence-corrected chi connectivity index (χ0v) is 22.1. The molecule has 10 heteroatoms. The number of hydrogen-bond donors (Lipinski definition) is 1. The molecule has 0 aromatic heterocycles. The molecule has 3 rings (SSSR count). The molecule has 1 heterocycles. The number of carbonyl (C=O) groups is 3. The van der Waals surface area contributed by atoms with Gasteiger partial charge in [0.2, 0.25) is 11.8 Å². The number of rotatable bonds is 9. The van der Waals surface area contributed by atoms with Gasteiger partial charge in [-0.15, -0.1) is 0 Å². The lowest BCUT2D eigenvalue weighted by molar-refractivity contribution is -0.141. The number of nitrogens with one attached hydrogen (secondary N) is 1. The Morgan fingerprint density at radius 2 is 1.72 bits per heavy atom. The summed E-state index contributed by atoms with van der Waals surface area (Å²) < 4.78 is 31.6. The van der Waals surface area contributed by atoms with Crippen molar-refractivity contribution in [3.05, 3.63) is 59.7 Å². The highest BCUT2D eigenvalue weighted by Gasteiger charge is 2.40.